The number of rotatable bonds is 6. The van der Waals surface area contributed by atoms with Crippen LogP contribution in [0.3, 0.4) is 0 Å². The number of aromatic amines is 2. The lowest BCUT2D eigenvalue weighted by molar-refractivity contribution is 0.950. The zero-order chi connectivity index (χ0) is 24.6. The molecule has 0 amide bonds. The maximum Gasteiger partial charge on any atom is 0.116 e. The summed E-state index contributed by atoms with van der Waals surface area (Å²) < 4.78 is 0. The maximum absolute atomic E-state index is 4.70. The number of pyridine rings is 3. The average Bonchev–Trinajstić information content (AvgIpc) is 3.71. The molecule has 178 valence electrons. The molecule has 6 nitrogen and oxygen atoms in total. The van der Waals surface area contributed by atoms with Crippen molar-refractivity contribution in [1.82, 2.24) is 30.1 Å². The van der Waals surface area contributed by atoms with E-state index in [0.717, 1.165) is 68.6 Å². The fraction of sp³-hybridized carbons (Fsp3) is 0.0667. The van der Waals surface area contributed by atoms with Gasteiger partial charge in [-0.15, -0.1) is 0 Å². The highest BCUT2D eigenvalue weighted by Crippen LogP contribution is 2.34. The number of nitrogens with zero attached hydrogens (tertiary/aromatic N) is 4. The van der Waals surface area contributed by atoms with Gasteiger partial charge in [-0.3, -0.25) is 20.1 Å². The SMILES string of the molecule is c1ccc(CCc2cncc(-c3cc4c(-c5cc6c(-c7ccsc7)nccc6[nH]5)n[nH]c4cn3)c2)cc1. The van der Waals surface area contributed by atoms with Crippen LogP contribution in [0.4, 0.5) is 0 Å². The number of hydrogen-bond acceptors (Lipinski definition) is 5. The van der Waals surface area contributed by atoms with Crippen LogP contribution >= 0.6 is 11.3 Å². The zero-order valence-electron chi connectivity index (χ0n) is 19.8. The predicted octanol–water partition coefficient (Wildman–Crippen LogP) is 7.08. The Morgan fingerprint density at radius 2 is 1.62 bits per heavy atom. The smallest absolute Gasteiger partial charge is 0.116 e. The third-order valence-electron chi connectivity index (χ3n) is 6.68. The van der Waals surface area contributed by atoms with E-state index in [9.17, 15) is 0 Å². The van der Waals surface area contributed by atoms with Gasteiger partial charge < -0.3 is 4.98 Å². The molecule has 6 heterocycles. The Hall–Kier alpha value is -4.62. The molecule has 0 aliphatic rings. The minimum Gasteiger partial charge on any atom is -0.353 e. The first-order chi connectivity index (χ1) is 18.3. The van der Waals surface area contributed by atoms with Crippen molar-refractivity contribution < 1.29 is 0 Å². The Labute approximate surface area is 217 Å². The zero-order valence-corrected chi connectivity index (χ0v) is 20.7. The first-order valence-electron chi connectivity index (χ1n) is 12.1. The predicted molar refractivity (Wildman–Crippen MR) is 149 cm³/mol. The van der Waals surface area contributed by atoms with E-state index in [1.807, 2.05) is 36.9 Å². The molecule has 0 fully saturated rings. The summed E-state index contributed by atoms with van der Waals surface area (Å²) >= 11 is 1.67. The van der Waals surface area contributed by atoms with Gasteiger partial charge in [0.05, 0.1) is 28.8 Å². The summed E-state index contributed by atoms with van der Waals surface area (Å²) in [4.78, 5) is 17.4. The number of nitrogens with one attached hydrogen (secondary N) is 2. The van der Waals surface area contributed by atoms with Gasteiger partial charge in [-0.25, -0.2) is 0 Å². The second-order valence-electron chi connectivity index (χ2n) is 9.07. The average molecular weight is 499 g/mol. The van der Waals surface area contributed by atoms with Crippen LogP contribution in [-0.4, -0.2) is 30.1 Å². The molecule has 0 unspecified atom stereocenters. The van der Waals surface area contributed by atoms with Gasteiger partial charge in [-0.05, 0) is 59.7 Å². The molecule has 0 bridgehead atoms. The van der Waals surface area contributed by atoms with E-state index >= 15 is 0 Å². The third-order valence-corrected chi connectivity index (χ3v) is 7.36. The van der Waals surface area contributed by atoms with Crippen molar-refractivity contribution in [1.29, 1.82) is 0 Å². The molecule has 7 aromatic rings. The van der Waals surface area contributed by atoms with E-state index in [-0.39, 0.29) is 0 Å². The molecule has 7 heteroatoms. The van der Waals surface area contributed by atoms with Crippen molar-refractivity contribution in [2.75, 3.05) is 0 Å². The van der Waals surface area contributed by atoms with E-state index in [2.05, 4.69) is 84.4 Å². The Morgan fingerprint density at radius 1 is 0.730 bits per heavy atom. The minimum atomic E-state index is 0.860. The number of hydrogen-bond donors (Lipinski definition) is 2. The number of thiophene rings is 1. The Morgan fingerprint density at radius 3 is 2.51 bits per heavy atom. The van der Waals surface area contributed by atoms with Crippen LogP contribution in [0.1, 0.15) is 11.1 Å². The molecule has 0 atom stereocenters. The quantitative estimate of drug-likeness (QED) is 0.257. The highest BCUT2D eigenvalue weighted by Gasteiger charge is 2.15. The van der Waals surface area contributed by atoms with Gasteiger partial charge in [0.15, 0.2) is 0 Å². The molecule has 37 heavy (non-hydrogen) atoms. The summed E-state index contributed by atoms with van der Waals surface area (Å²) in [5, 5.41) is 14.1. The van der Waals surface area contributed by atoms with Crippen LogP contribution < -0.4 is 0 Å². The normalized spacial score (nSPS) is 11.5. The number of H-pyrrole nitrogens is 2. The lowest BCUT2D eigenvalue weighted by Crippen LogP contribution is -1.93. The van der Waals surface area contributed by atoms with Crippen molar-refractivity contribution in [2.45, 2.75) is 12.8 Å². The Kier molecular flexibility index (Phi) is 5.33. The van der Waals surface area contributed by atoms with Crippen LogP contribution in [-0.2, 0) is 12.8 Å². The van der Waals surface area contributed by atoms with Gasteiger partial charge >= 0.3 is 0 Å². The lowest BCUT2D eigenvalue weighted by Gasteiger charge is -2.05. The van der Waals surface area contributed by atoms with Gasteiger partial charge in [0.2, 0.25) is 0 Å². The van der Waals surface area contributed by atoms with E-state index in [4.69, 9.17) is 4.98 Å². The Bertz CT molecular complexity index is 1830. The van der Waals surface area contributed by atoms with Crippen molar-refractivity contribution in [3.8, 4) is 33.9 Å². The number of fused-ring (bicyclic) bond motifs is 2. The van der Waals surface area contributed by atoms with Crippen molar-refractivity contribution in [2.24, 2.45) is 0 Å². The lowest BCUT2D eigenvalue weighted by atomic mass is 10.0. The van der Waals surface area contributed by atoms with Crippen LogP contribution in [0.15, 0.2) is 96.2 Å². The molecule has 0 aliphatic carbocycles. The summed E-state index contributed by atoms with van der Waals surface area (Å²) in [5.74, 6) is 0. The first kappa shape index (κ1) is 21.6. The van der Waals surface area contributed by atoms with E-state index in [0.29, 0.717) is 0 Å². The van der Waals surface area contributed by atoms with Gasteiger partial charge in [-0.2, -0.15) is 16.4 Å². The summed E-state index contributed by atoms with van der Waals surface area (Å²) in [5.41, 5.74) is 10.2. The van der Waals surface area contributed by atoms with Gasteiger partial charge in [0, 0.05) is 51.4 Å². The Balaban J connectivity index is 1.24. The summed E-state index contributed by atoms with van der Waals surface area (Å²) in [6, 6.07) is 21.1. The molecule has 0 saturated carbocycles. The highest BCUT2D eigenvalue weighted by molar-refractivity contribution is 7.08. The molecule has 6 aromatic heterocycles. The third kappa shape index (κ3) is 4.09. The summed E-state index contributed by atoms with van der Waals surface area (Å²) in [7, 11) is 0. The van der Waals surface area contributed by atoms with Gasteiger partial charge in [0.25, 0.3) is 0 Å². The van der Waals surface area contributed by atoms with E-state index in [1.54, 1.807) is 11.3 Å². The van der Waals surface area contributed by atoms with Crippen molar-refractivity contribution in [3.05, 3.63) is 107 Å². The first-order valence-corrected chi connectivity index (χ1v) is 13.1. The number of aromatic nitrogens is 6. The minimum absolute atomic E-state index is 0.860. The van der Waals surface area contributed by atoms with E-state index in [1.165, 1.54) is 11.1 Å². The second kappa shape index (κ2) is 9.11. The molecular formula is C30H22N6S. The molecule has 0 saturated heterocycles. The van der Waals surface area contributed by atoms with Crippen LogP contribution in [0.25, 0.3) is 55.7 Å². The van der Waals surface area contributed by atoms with Crippen molar-refractivity contribution >= 4 is 33.1 Å². The maximum atomic E-state index is 4.70. The fourth-order valence-electron chi connectivity index (χ4n) is 4.79. The van der Waals surface area contributed by atoms with Crippen LogP contribution in [0.5, 0.6) is 0 Å². The summed E-state index contributed by atoms with van der Waals surface area (Å²) in [6.07, 6.45) is 9.42. The molecule has 7 rings (SSSR count). The second-order valence-corrected chi connectivity index (χ2v) is 9.85. The fourth-order valence-corrected chi connectivity index (χ4v) is 5.43. The van der Waals surface area contributed by atoms with Crippen LogP contribution in [0.2, 0.25) is 0 Å². The highest BCUT2D eigenvalue weighted by atomic mass is 32.1. The molecule has 2 N–H and O–H groups in total. The molecular weight excluding hydrogens is 476 g/mol. The molecule has 0 spiro atoms. The number of benzene rings is 1. The monoisotopic (exact) mass is 498 g/mol. The van der Waals surface area contributed by atoms with Crippen molar-refractivity contribution in [3.63, 3.8) is 0 Å². The van der Waals surface area contributed by atoms with E-state index < -0.39 is 0 Å². The molecule has 0 aliphatic heterocycles. The van der Waals surface area contributed by atoms with Crippen LogP contribution in [0, 0.1) is 0 Å². The standard InChI is InChI=1S/C30H22N6S/c1-2-4-19(5-3-1)6-7-20-12-22(16-31-15-20)26-13-24-28(17-33-26)35-36-30(24)27-14-23-25(34-27)8-10-32-29(23)21-9-11-37-18-21/h1-5,8-18,34H,6-7H2,(H,35,36). The summed E-state index contributed by atoms with van der Waals surface area (Å²) in [6.45, 7) is 0. The van der Waals surface area contributed by atoms with Gasteiger partial charge in [0.1, 0.15) is 5.69 Å². The molecule has 0 radical (unpaired) electrons. The molecule has 1 aromatic carbocycles. The van der Waals surface area contributed by atoms with Gasteiger partial charge in [-0.1, -0.05) is 30.3 Å². The number of aryl methyl sites for hydroxylation is 2. The topological polar surface area (TPSA) is 83.1 Å². The largest absolute Gasteiger partial charge is 0.353 e.